The molecule has 0 atom stereocenters. The van der Waals surface area contributed by atoms with Gasteiger partial charge in [-0.15, -0.1) is 0 Å². The summed E-state index contributed by atoms with van der Waals surface area (Å²) in [7, 11) is -3.76. The molecule has 0 amide bonds. The summed E-state index contributed by atoms with van der Waals surface area (Å²) in [5.74, 6) is 0. The molecule has 3 rings (SSSR count). The number of nitrogens with zero attached hydrogens (tertiary/aromatic N) is 2. The van der Waals surface area contributed by atoms with Crippen molar-refractivity contribution in [2.45, 2.75) is 58.5 Å². The highest BCUT2D eigenvalue weighted by Gasteiger charge is 2.37. The normalized spacial score (nSPS) is 13.4. The van der Waals surface area contributed by atoms with Crippen LogP contribution < -0.4 is 5.19 Å². The molecule has 0 saturated carbocycles. The lowest BCUT2D eigenvalue weighted by Crippen LogP contribution is -2.44. The molecule has 32 heavy (non-hydrogen) atoms. The zero-order chi connectivity index (χ0) is 23.4. The summed E-state index contributed by atoms with van der Waals surface area (Å²) in [6.45, 7) is 17.8. The zero-order valence-electron chi connectivity index (χ0n) is 20.7. The van der Waals surface area contributed by atoms with E-state index in [1.807, 2.05) is 6.33 Å². The topological polar surface area (TPSA) is 27.1 Å². The molecule has 0 spiro atoms. The highest BCUT2D eigenvalue weighted by Crippen LogP contribution is 2.36. The molecule has 0 bridgehead atoms. The van der Waals surface area contributed by atoms with Gasteiger partial charge in [-0.25, -0.2) is 4.98 Å². The largest absolute Gasteiger partial charge is 0.413 e. The molecule has 5 heteroatoms. The van der Waals surface area contributed by atoms with Gasteiger partial charge in [0.25, 0.3) is 0 Å². The van der Waals surface area contributed by atoms with Crippen LogP contribution in [0.25, 0.3) is 5.20 Å². The molecule has 0 aliphatic heterocycles. The fourth-order valence-corrected chi connectivity index (χ4v) is 7.25. The Hall–Kier alpha value is -2.22. The van der Waals surface area contributed by atoms with Crippen LogP contribution in [0.5, 0.6) is 0 Å². The smallest absolute Gasteiger partial charge is 0.192 e. The second-order valence-electron chi connectivity index (χ2n) is 10.6. The van der Waals surface area contributed by atoms with E-state index in [2.05, 4.69) is 124 Å². The van der Waals surface area contributed by atoms with Gasteiger partial charge in [-0.3, -0.25) is 0 Å². The van der Waals surface area contributed by atoms with Crippen molar-refractivity contribution in [3.05, 3.63) is 90.5 Å². The Morgan fingerprint density at radius 2 is 1.53 bits per heavy atom. The van der Waals surface area contributed by atoms with E-state index in [-0.39, 0.29) is 5.04 Å². The molecule has 2 aromatic carbocycles. The number of hydrogen-bond donors (Lipinski definition) is 0. The molecule has 170 valence electrons. The maximum Gasteiger partial charge on any atom is 0.192 e. The highest BCUT2D eigenvalue weighted by molar-refractivity contribution is 7.04. The van der Waals surface area contributed by atoms with E-state index in [9.17, 15) is 0 Å². The standard InChI is InChI=1S/C27H38N2OSi2/c1-27(2,3)32(6,7)30-19-18-26(31(4,5)24-16-12-9-13-17-24)25-21-29(22-28-25)20-23-14-10-8-11-15-23/h8-18,21-22H,19-20H2,1-7H3/b26-18-. The van der Waals surface area contributed by atoms with Crippen LogP contribution in [0, 0.1) is 0 Å². The van der Waals surface area contributed by atoms with Gasteiger partial charge in [-0.2, -0.15) is 0 Å². The molecule has 0 N–H and O–H groups in total. The van der Waals surface area contributed by atoms with Gasteiger partial charge < -0.3 is 8.99 Å². The van der Waals surface area contributed by atoms with Crippen molar-refractivity contribution in [1.29, 1.82) is 0 Å². The number of benzene rings is 2. The number of aromatic nitrogens is 2. The van der Waals surface area contributed by atoms with E-state index in [1.165, 1.54) is 15.9 Å². The van der Waals surface area contributed by atoms with E-state index in [0.717, 1.165) is 12.2 Å². The van der Waals surface area contributed by atoms with Crippen LogP contribution in [0.3, 0.4) is 0 Å². The van der Waals surface area contributed by atoms with Gasteiger partial charge in [-0.05, 0) is 28.9 Å². The molecule has 0 saturated heterocycles. The maximum atomic E-state index is 6.53. The molecule has 0 unspecified atom stereocenters. The quantitative estimate of drug-likeness (QED) is 0.358. The SMILES string of the molecule is CC(C)(C)[Si](C)(C)OC/C=C(/c1cn(Cc2ccccc2)cn1)[Si](C)(C)c1ccccc1. The van der Waals surface area contributed by atoms with Crippen LogP contribution in [-0.2, 0) is 11.0 Å². The predicted molar refractivity (Wildman–Crippen MR) is 142 cm³/mol. The zero-order valence-corrected chi connectivity index (χ0v) is 22.7. The molecular weight excluding hydrogens is 424 g/mol. The van der Waals surface area contributed by atoms with Crippen molar-refractivity contribution in [3.8, 4) is 0 Å². The fraction of sp³-hybridized carbons (Fsp3) is 0.370. The van der Waals surface area contributed by atoms with E-state index in [1.54, 1.807) is 0 Å². The van der Waals surface area contributed by atoms with Gasteiger partial charge in [0.15, 0.2) is 8.32 Å². The van der Waals surface area contributed by atoms with Crippen molar-refractivity contribution in [3.63, 3.8) is 0 Å². The molecule has 0 aliphatic carbocycles. The van der Waals surface area contributed by atoms with E-state index in [4.69, 9.17) is 9.41 Å². The van der Waals surface area contributed by atoms with Crippen LogP contribution in [0.15, 0.2) is 79.3 Å². The van der Waals surface area contributed by atoms with Crippen LogP contribution in [-0.4, -0.2) is 32.5 Å². The predicted octanol–water partition coefficient (Wildman–Crippen LogP) is 6.49. The van der Waals surface area contributed by atoms with E-state index >= 15 is 0 Å². The first-order chi connectivity index (χ1) is 15.0. The summed E-state index contributed by atoms with van der Waals surface area (Å²) in [5.41, 5.74) is 2.35. The van der Waals surface area contributed by atoms with Crippen LogP contribution in [0.4, 0.5) is 0 Å². The summed E-state index contributed by atoms with van der Waals surface area (Å²) in [5, 5.41) is 2.95. The summed E-state index contributed by atoms with van der Waals surface area (Å²) in [4.78, 5) is 4.85. The second kappa shape index (κ2) is 9.73. The minimum atomic E-state index is -1.95. The Labute approximate surface area is 196 Å². The average Bonchev–Trinajstić information content (AvgIpc) is 3.19. The van der Waals surface area contributed by atoms with Gasteiger partial charge in [0.2, 0.25) is 0 Å². The van der Waals surface area contributed by atoms with E-state index in [0.29, 0.717) is 6.61 Å². The van der Waals surface area contributed by atoms with Crippen molar-refractivity contribution in [2.75, 3.05) is 6.61 Å². The van der Waals surface area contributed by atoms with Gasteiger partial charge >= 0.3 is 0 Å². The Bertz CT molecular complexity index is 1030. The molecule has 0 aliphatic rings. The lowest BCUT2D eigenvalue weighted by molar-refractivity contribution is 0.328. The number of rotatable bonds is 8. The molecule has 3 nitrogen and oxygen atoms in total. The van der Waals surface area contributed by atoms with Crippen molar-refractivity contribution < 1.29 is 4.43 Å². The van der Waals surface area contributed by atoms with Gasteiger partial charge in [0.1, 0.15) is 8.07 Å². The Morgan fingerprint density at radius 1 is 0.938 bits per heavy atom. The van der Waals surface area contributed by atoms with Crippen molar-refractivity contribution >= 4 is 26.8 Å². The lowest BCUT2D eigenvalue weighted by Gasteiger charge is -2.36. The van der Waals surface area contributed by atoms with Crippen molar-refractivity contribution in [2.24, 2.45) is 0 Å². The summed E-state index contributed by atoms with van der Waals surface area (Å²) < 4.78 is 8.71. The molecule has 0 fully saturated rings. The fourth-order valence-electron chi connectivity index (χ4n) is 3.62. The molecule has 1 aromatic heterocycles. The molecule has 3 aromatic rings. The average molecular weight is 463 g/mol. The molecule has 1 heterocycles. The lowest BCUT2D eigenvalue weighted by atomic mass is 10.2. The first-order valence-corrected chi connectivity index (χ1v) is 17.4. The summed E-state index contributed by atoms with van der Waals surface area (Å²) in [6.07, 6.45) is 6.47. The second-order valence-corrected chi connectivity index (χ2v) is 19.8. The summed E-state index contributed by atoms with van der Waals surface area (Å²) >= 11 is 0. The van der Waals surface area contributed by atoms with Gasteiger partial charge in [-0.1, -0.05) is 106 Å². The van der Waals surface area contributed by atoms with E-state index < -0.39 is 16.4 Å². The first-order valence-electron chi connectivity index (χ1n) is 11.5. The van der Waals surface area contributed by atoms with Crippen LogP contribution in [0.2, 0.25) is 31.2 Å². The van der Waals surface area contributed by atoms with Crippen molar-refractivity contribution in [1.82, 2.24) is 9.55 Å². The first kappa shape index (κ1) is 24.4. The highest BCUT2D eigenvalue weighted by atomic mass is 28.4. The minimum absolute atomic E-state index is 0.199. The number of hydrogen-bond acceptors (Lipinski definition) is 2. The van der Waals surface area contributed by atoms with Crippen LogP contribution in [0.1, 0.15) is 32.0 Å². The Kier molecular flexibility index (Phi) is 7.43. The Morgan fingerprint density at radius 3 is 2.12 bits per heavy atom. The third-order valence-electron chi connectivity index (χ3n) is 6.82. The summed E-state index contributed by atoms with van der Waals surface area (Å²) in [6, 6.07) is 21.4. The Balaban J connectivity index is 1.92. The van der Waals surface area contributed by atoms with Gasteiger partial charge in [0, 0.05) is 12.7 Å². The maximum absolute atomic E-state index is 6.53. The molecular formula is C27H38N2OSi2. The third-order valence-corrected chi connectivity index (χ3v) is 14.9. The van der Waals surface area contributed by atoms with Crippen LogP contribution >= 0.6 is 0 Å². The minimum Gasteiger partial charge on any atom is -0.413 e. The monoisotopic (exact) mass is 462 g/mol. The van der Waals surface area contributed by atoms with Gasteiger partial charge in [0.05, 0.1) is 18.6 Å². The third kappa shape index (κ3) is 5.77. The molecule has 0 radical (unpaired) electrons. The number of imidazole rings is 1.